The van der Waals surface area contributed by atoms with E-state index in [4.69, 9.17) is 9.63 Å². The lowest BCUT2D eigenvalue weighted by atomic mass is 10.4. The molecule has 14 heavy (non-hydrogen) atoms. The van der Waals surface area contributed by atoms with Crippen LogP contribution < -0.4 is 0 Å². The molecule has 0 aliphatic rings. The third-order valence-corrected chi connectivity index (χ3v) is 4.41. The number of carboxylic acids is 1. The maximum Gasteiger partial charge on any atom is 0.328 e. The predicted octanol–water partition coefficient (Wildman–Crippen LogP) is 1.80. The Morgan fingerprint density at radius 3 is 2.43 bits per heavy atom. The number of rotatable bonds is 5. The molecule has 80 valence electrons. The van der Waals surface area contributed by atoms with E-state index in [2.05, 4.69) is 11.8 Å². The summed E-state index contributed by atoms with van der Waals surface area (Å²) < 4.78 is 17.0. The Hall–Kier alpha value is -0.780. The fraction of sp³-hybridized carbons (Fsp3) is 0.667. The highest BCUT2D eigenvalue weighted by Gasteiger charge is 2.36. The minimum absolute atomic E-state index is 0.187. The third kappa shape index (κ3) is 3.17. The van der Waals surface area contributed by atoms with E-state index in [1.807, 2.05) is 0 Å². The zero-order valence-corrected chi connectivity index (χ0v) is 9.51. The van der Waals surface area contributed by atoms with Crippen molar-refractivity contribution in [3.63, 3.8) is 0 Å². The van der Waals surface area contributed by atoms with Crippen LogP contribution in [0.15, 0.2) is 0 Å². The van der Waals surface area contributed by atoms with Crippen LogP contribution >= 0.6 is 7.37 Å². The fourth-order valence-corrected chi connectivity index (χ4v) is 2.83. The van der Waals surface area contributed by atoms with Crippen LogP contribution in [0.2, 0.25) is 0 Å². The molecule has 5 heteroatoms. The van der Waals surface area contributed by atoms with Crippen molar-refractivity contribution >= 4 is 13.3 Å². The molecule has 0 spiro atoms. The van der Waals surface area contributed by atoms with Crippen molar-refractivity contribution in [2.75, 3.05) is 12.8 Å². The summed E-state index contributed by atoms with van der Waals surface area (Å²) in [6.45, 7) is 5.08. The molecule has 0 fully saturated rings. The summed E-state index contributed by atoms with van der Waals surface area (Å²) in [6.07, 6.45) is 0.187. The smallest absolute Gasteiger partial charge is 0.328 e. The van der Waals surface area contributed by atoms with Gasteiger partial charge in [0, 0.05) is 6.16 Å². The Bertz CT molecular complexity index is 300. The minimum Gasteiger partial charge on any atom is -0.480 e. The Morgan fingerprint density at radius 1 is 1.57 bits per heavy atom. The molecule has 0 bridgehead atoms. The summed E-state index contributed by atoms with van der Waals surface area (Å²) in [5.41, 5.74) is -1.20. The number of aliphatic carboxylic acids is 1. The quantitative estimate of drug-likeness (QED) is 0.564. The molecule has 0 aromatic carbocycles. The summed E-state index contributed by atoms with van der Waals surface area (Å²) in [5.74, 6) is 3.70. The number of carbonyl (C=O) groups is 1. The Morgan fingerprint density at radius 2 is 2.14 bits per heavy atom. The molecule has 1 N–H and O–H groups in total. The van der Waals surface area contributed by atoms with Gasteiger partial charge >= 0.3 is 5.97 Å². The number of carboxylic acid groups (broad SMARTS) is 1. The van der Waals surface area contributed by atoms with E-state index in [-0.39, 0.29) is 12.8 Å². The first-order valence-electron chi connectivity index (χ1n) is 4.40. The standard InChI is InChI=1S/C9H15O4P/c1-4-7-8(9(10)11)14(12,6-3)13-5-2/h8H,5-6H2,1-3H3,(H,10,11). The van der Waals surface area contributed by atoms with Gasteiger partial charge in [-0.3, -0.25) is 9.36 Å². The van der Waals surface area contributed by atoms with Gasteiger partial charge in [-0.25, -0.2) is 0 Å². The molecule has 0 radical (unpaired) electrons. The Labute approximate surface area is 84.1 Å². The molecule has 0 heterocycles. The second-order valence-electron chi connectivity index (χ2n) is 2.60. The minimum atomic E-state index is -3.16. The lowest BCUT2D eigenvalue weighted by Crippen LogP contribution is -2.21. The van der Waals surface area contributed by atoms with E-state index in [1.54, 1.807) is 13.8 Å². The molecule has 0 aromatic rings. The van der Waals surface area contributed by atoms with Crippen LogP contribution in [0, 0.1) is 11.8 Å². The van der Waals surface area contributed by atoms with Gasteiger partial charge in [0.2, 0.25) is 7.37 Å². The lowest BCUT2D eigenvalue weighted by molar-refractivity contribution is -0.135. The van der Waals surface area contributed by atoms with Gasteiger partial charge in [0.05, 0.1) is 6.61 Å². The van der Waals surface area contributed by atoms with Crippen LogP contribution in [-0.4, -0.2) is 29.5 Å². The van der Waals surface area contributed by atoms with Crippen LogP contribution in [0.25, 0.3) is 0 Å². The highest BCUT2D eigenvalue weighted by molar-refractivity contribution is 7.61. The molecule has 2 unspecified atom stereocenters. The molecule has 0 aliphatic carbocycles. The molecular weight excluding hydrogens is 203 g/mol. The molecule has 0 aromatic heterocycles. The zero-order chi connectivity index (χ0) is 11.2. The highest BCUT2D eigenvalue weighted by Crippen LogP contribution is 2.51. The first-order chi connectivity index (χ1) is 6.51. The predicted molar refractivity (Wildman–Crippen MR) is 54.6 cm³/mol. The van der Waals surface area contributed by atoms with Crippen LogP contribution in [0.3, 0.4) is 0 Å². The monoisotopic (exact) mass is 218 g/mol. The van der Waals surface area contributed by atoms with Crippen molar-refractivity contribution in [2.45, 2.75) is 26.4 Å². The number of hydrogen-bond donors (Lipinski definition) is 1. The van der Waals surface area contributed by atoms with E-state index in [0.29, 0.717) is 0 Å². The van der Waals surface area contributed by atoms with Gasteiger partial charge in [-0.15, -0.1) is 5.92 Å². The normalized spacial score (nSPS) is 16.2. The largest absolute Gasteiger partial charge is 0.480 e. The fourth-order valence-electron chi connectivity index (χ4n) is 1.03. The van der Waals surface area contributed by atoms with Crippen molar-refractivity contribution in [3.05, 3.63) is 0 Å². The summed E-state index contributed by atoms with van der Waals surface area (Å²) >= 11 is 0. The van der Waals surface area contributed by atoms with Crippen molar-refractivity contribution in [1.29, 1.82) is 0 Å². The van der Waals surface area contributed by atoms with Crippen molar-refractivity contribution in [2.24, 2.45) is 0 Å². The van der Waals surface area contributed by atoms with Crippen molar-refractivity contribution in [1.82, 2.24) is 0 Å². The SMILES string of the molecule is CC#CC(C(=O)O)P(=O)(CC)OCC. The van der Waals surface area contributed by atoms with E-state index >= 15 is 0 Å². The first kappa shape index (κ1) is 13.2. The maximum atomic E-state index is 12.0. The maximum absolute atomic E-state index is 12.0. The Kier molecular flexibility index (Phi) is 5.52. The van der Waals surface area contributed by atoms with Crippen molar-refractivity contribution in [3.8, 4) is 11.8 Å². The second-order valence-corrected chi connectivity index (χ2v) is 5.45. The van der Waals surface area contributed by atoms with Gasteiger partial charge in [-0.1, -0.05) is 12.8 Å². The Balaban J connectivity index is 5.00. The molecule has 4 nitrogen and oxygen atoms in total. The molecule has 0 aliphatic heterocycles. The van der Waals surface area contributed by atoms with Gasteiger partial charge in [0.1, 0.15) is 0 Å². The van der Waals surface area contributed by atoms with E-state index in [0.717, 1.165) is 0 Å². The molecule has 0 saturated carbocycles. The highest BCUT2D eigenvalue weighted by atomic mass is 31.2. The van der Waals surface area contributed by atoms with Crippen molar-refractivity contribution < 1.29 is 19.0 Å². The van der Waals surface area contributed by atoms with Gasteiger partial charge in [0.25, 0.3) is 0 Å². The first-order valence-corrected chi connectivity index (χ1v) is 6.28. The molecule has 2 atom stereocenters. The second kappa shape index (κ2) is 5.85. The molecule has 0 saturated heterocycles. The van der Waals surface area contributed by atoms with E-state index in [9.17, 15) is 9.36 Å². The van der Waals surface area contributed by atoms with Crippen LogP contribution in [0.4, 0.5) is 0 Å². The zero-order valence-electron chi connectivity index (χ0n) is 8.61. The lowest BCUT2D eigenvalue weighted by Gasteiger charge is -2.18. The average Bonchev–Trinajstić information content (AvgIpc) is 2.14. The van der Waals surface area contributed by atoms with Gasteiger partial charge in [-0.05, 0) is 13.8 Å². The van der Waals surface area contributed by atoms with Gasteiger partial charge in [-0.2, -0.15) is 0 Å². The van der Waals surface area contributed by atoms with E-state index in [1.165, 1.54) is 6.92 Å². The summed E-state index contributed by atoms with van der Waals surface area (Å²) in [5, 5.41) is 8.84. The van der Waals surface area contributed by atoms with Gasteiger partial charge in [0.15, 0.2) is 5.66 Å². The number of hydrogen-bond acceptors (Lipinski definition) is 3. The molecular formula is C9H15O4P. The molecule has 0 amide bonds. The topological polar surface area (TPSA) is 63.6 Å². The van der Waals surface area contributed by atoms with Crippen LogP contribution in [0.1, 0.15) is 20.8 Å². The molecule has 0 rings (SSSR count). The average molecular weight is 218 g/mol. The van der Waals surface area contributed by atoms with Gasteiger partial charge < -0.3 is 9.63 Å². The summed E-state index contributed by atoms with van der Waals surface area (Å²) in [6, 6.07) is 0. The van der Waals surface area contributed by atoms with Crippen LogP contribution in [-0.2, 0) is 13.9 Å². The van der Waals surface area contributed by atoms with E-state index < -0.39 is 19.0 Å². The van der Waals surface area contributed by atoms with Crippen LogP contribution in [0.5, 0.6) is 0 Å². The summed E-state index contributed by atoms with van der Waals surface area (Å²) in [4.78, 5) is 10.8. The summed E-state index contributed by atoms with van der Waals surface area (Å²) in [7, 11) is -3.16. The third-order valence-electron chi connectivity index (χ3n) is 1.70.